The molecule has 0 aliphatic carbocycles. The van der Waals surface area contributed by atoms with E-state index in [9.17, 15) is 4.79 Å². The highest BCUT2D eigenvalue weighted by Gasteiger charge is 2.07. The van der Waals surface area contributed by atoms with E-state index in [1.807, 2.05) is 85.8 Å². The van der Waals surface area contributed by atoms with Gasteiger partial charge in [-0.2, -0.15) is 0 Å². The molecule has 5 heteroatoms. The lowest BCUT2D eigenvalue weighted by molar-refractivity contribution is -0.119. The third-order valence-corrected chi connectivity index (χ3v) is 4.22. The van der Waals surface area contributed by atoms with E-state index >= 15 is 0 Å². The van der Waals surface area contributed by atoms with Gasteiger partial charge in [-0.05, 0) is 60.0 Å². The smallest absolute Gasteiger partial charge is 0.217 e. The summed E-state index contributed by atoms with van der Waals surface area (Å²) in [6.45, 7) is 2.89. The lowest BCUT2D eigenvalue weighted by atomic mass is 10.1. The quantitative estimate of drug-likeness (QED) is 0.531. The minimum atomic E-state index is -0.318. The summed E-state index contributed by atoms with van der Waals surface area (Å²) in [5, 5.41) is 0. The van der Waals surface area contributed by atoms with Crippen LogP contribution in [0, 0.1) is 5.92 Å². The number of benzene rings is 3. The van der Waals surface area contributed by atoms with Crippen molar-refractivity contribution >= 4 is 5.91 Å². The van der Waals surface area contributed by atoms with E-state index in [0.717, 1.165) is 22.8 Å². The highest BCUT2D eigenvalue weighted by atomic mass is 16.5. The van der Waals surface area contributed by atoms with Gasteiger partial charge in [0, 0.05) is 6.42 Å². The van der Waals surface area contributed by atoms with Crippen LogP contribution in [0.4, 0.5) is 0 Å². The van der Waals surface area contributed by atoms with Crippen LogP contribution in [0.1, 0.15) is 18.9 Å². The molecule has 0 aliphatic rings. The van der Waals surface area contributed by atoms with Crippen LogP contribution in [0.5, 0.6) is 23.0 Å². The van der Waals surface area contributed by atoms with Gasteiger partial charge in [0.05, 0.1) is 6.61 Å². The molecular weight excluding hydrogens is 366 g/mol. The number of carbonyl (C=O) groups is 1. The van der Waals surface area contributed by atoms with E-state index < -0.39 is 0 Å². The van der Waals surface area contributed by atoms with E-state index in [-0.39, 0.29) is 11.8 Å². The number of carbonyl (C=O) groups excluding carboxylic acids is 1. The predicted octanol–water partition coefficient (Wildman–Crippen LogP) is 4.95. The molecule has 3 aromatic rings. The molecule has 1 amide bonds. The van der Waals surface area contributed by atoms with Gasteiger partial charge in [0.1, 0.15) is 29.6 Å². The molecule has 0 heterocycles. The molecule has 0 saturated heterocycles. The van der Waals surface area contributed by atoms with Gasteiger partial charge < -0.3 is 19.9 Å². The fraction of sp³-hybridized carbons (Fsp3) is 0.208. The Morgan fingerprint density at radius 3 is 1.86 bits per heavy atom. The SMILES string of the molecule is C[C@H](COc1ccc(Oc2ccc(OCc3ccccc3)cc2)cc1)CC(N)=O. The van der Waals surface area contributed by atoms with E-state index in [4.69, 9.17) is 19.9 Å². The first-order valence-electron chi connectivity index (χ1n) is 9.54. The number of ether oxygens (including phenoxy) is 3. The largest absolute Gasteiger partial charge is 0.493 e. The Balaban J connectivity index is 1.47. The van der Waals surface area contributed by atoms with Gasteiger partial charge in [-0.1, -0.05) is 37.3 Å². The second kappa shape index (κ2) is 10.2. The van der Waals surface area contributed by atoms with E-state index in [2.05, 4.69) is 0 Å². The minimum absolute atomic E-state index is 0.0750. The molecule has 0 unspecified atom stereocenters. The molecular formula is C24H25NO4. The molecule has 0 fully saturated rings. The van der Waals surface area contributed by atoms with E-state index in [1.165, 1.54) is 0 Å². The lowest BCUT2D eigenvalue weighted by Crippen LogP contribution is -2.18. The molecule has 3 rings (SSSR count). The van der Waals surface area contributed by atoms with Crippen molar-refractivity contribution in [2.24, 2.45) is 11.7 Å². The molecule has 5 nitrogen and oxygen atoms in total. The van der Waals surface area contributed by atoms with Crippen molar-refractivity contribution < 1.29 is 19.0 Å². The van der Waals surface area contributed by atoms with Crippen LogP contribution in [-0.2, 0) is 11.4 Å². The number of hydrogen-bond donors (Lipinski definition) is 1. The minimum Gasteiger partial charge on any atom is -0.493 e. The Morgan fingerprint density at radius 1 is 0.793 bits per heavy atom. The maximum Gasteiger partial charge on any atom is 0.217 e. The predicted molar refractivity (Wildman–Crippen MR) is 112 cm³/mol. The highest BCUT2D eigenvalue weighted by molar-refractivity contribution is 5.73. The van der Waals surface area contributed by atoms with Crippen LogP contribution in [0.3, 0.4) is 0 Å². The number of primary amides is 1. The van der Waals surface area contributed by atoms with Gasteiger partial charge in [-0.15, -0.1) is 0 Å². The average Bonchev–Trinajstić information content (AvgIpc) is 2.73. The summed E-state index contributed by atoms with van der Waals surface area (Å²) in [4.78, 5) is 10.9. The van der Waals surface area contributed by atoms with Gasteiger partial charge in [-0.25, -0.2) is 0 Å². The van der Waals surface area contributed by atoms with Gasteiger partial charge in [-0.3, -0.25) is 4.79 Å². The molecule has 0 aromatic heterocycles. The normalized spacial score (nSPS) is 11.5. The topological polar surface area (TPSA) is 70.8 Å². The monoisotopic (exact) mass is 391 g/mol. The summed E-state index contributed by atoms with van der Waals surface area (Å²) < 4.78 is 17.3. The molecule has 2 N–H and O–H groups in total. The van der Waals surface area contributed by atoms with Crippen molar-refractivity contribution in [3.05, 3.63) is 84.4 Å². The Labute approximate surface area is 171 Å². The first-order valence-corrected chi connectivity index (χ1v) is 9.54. The first kappa shape index (κ1) is 20.3. The number of rotatable bonds is 10. The summed E-state index contributed by atoms with van der Waals surface area (Å²) in [5.74, 6) is 2.70. The average molecular weight is 391 g/mol. The zero-order valence-electron chi connectivity index (χ0n) is 16.4. The van der Waals surface area contributed by atoms with Crippen LogP contribution < -0.4 is 19.9 Å². The number of amides is 1. The Morgan fingerprint density at radius 2 is 1.31 bits per heavy atom. The highest BCUT2D eigenvalue weighted by Crippen LogP contribution is 2.26. The maximum absolute atomic E-state index is 10.9. The third kappa shape index (κ3) is 6.88. The molecule has 29 heavy (non-hydrogen) atoms. The number of nitrogens with two attached hydrogens (primary N) is 1. The van der Waals surface area contributed by atoms with Gasteiger partial charge in [0.15, 0.2) is 0 Å². The van der Waals surface area contributed by atoms with E-state index in [1.54, 1.807) is 0 Å². The van der Waals surface area contributed by atoms with Crippen molar-refractivity contribution in [1.82, 2.24) is 0 Å². The second-order valence-electron chi connectivity index (χ2n) is 6.91. The molecule has 0 spiro atoms. The Hall–Kier alpha value is -3.47. The third-order valence-electron chi connectivity index (χ3n) is 4.22. The van der Waals surface area contributed by atoms with Crippen molar-refractivity contribution in [2.45, 2.75) is 20.0 Å². The summed E-state index contributed by atoms with van der Waals surface area (Å²) in [5.41, 5.74) is 6.31. The van der Waals surface area contributed by atoms with Crippen LogP contribution in [0.2, 0.25) is 0 Å². The molecule has 0 aliphatic heterocycles. The molecule has 0 radical (unpaired) electrons. The van der Waals surface area contributed by atoms with Crippen molar-refractivity contribution in [1.29, 1.82) is 0 Å². The van der Waals surface area contributed by atoms with Crippen LogP contribution in [0.15, 0.2) is 78.9 Å². The lowest BCUT2D eigenvalue weighted by Gasteiger charge is -2.12. The number of hydrogen-bond acceptors (Lipinski definition) is 4. The van der Waals surface area contributed by atoms with E-state index in [0.29, 0.717) is 25.4 Å². The Kier molecular flexibility index (Phi) is 7.11. The summed E-state index contributed by atoms with van der Waals surface area (Å²) >= 11 is 0. The standard InChI is InChI=1S/C24H25NO4/c1-18(15-24(25)26)16-27-20-7-11-22(12-8-20)29-23-13-9-21(10-14-23)28-17-19-5-3-2-4-6-19/h2-14,18H,15-17H2,1H3,(H2,25,26)/t18-/m0/s1. The second-order valence-corrected chi connectivity index (χ2v) is 6.91. The van der Waals surface area contributed by atoms with Crippen LogP contribution in [-0.4, -0.2) is 12.5 Å². The van der Waals surface area contributed by atoms with Gasteiger partial charge >= 0.3 is 0 Å². The van der Waals surface area contributed by atoms with Gasteiger partial charge in [0.2, 0.25) is 5.91 Å². The van der Waals surface area contributed by atoms with Crippen molar-refractivity contribution in [3.63, 3.8) is 0 Å². The van der Waals surface area contributed by atoms with Crippen LogP contribution >= 0.6 is 0 Å². The van der Waals surface area contributed by atoms with Crippen molar-refractivity contribution in [2.75, 3.05) is 6.61 Å². The Bertz CT molecular complexity index is 892. The molecule has 150 valence electrons. The summed E-state index contributed by atoms with van der Waals surface area (Å²) in [6, 6.07) is 24.9. The summed E-state index contributed by atoms with van der Waals surface area (Å²) in [7, 11) is 0. The molecule has 0 saturated carbocycles. The molecule has 3 aromatic carbocycles. The maximum atomic E-state index is 10.9. The zero-order chi connectivity index (χ0) is 20.5. The van der Waals surface area contributed by atoms with Crippen LogP contribution in [0.25, 0.3) is 0 Å². The summed E-state index contributed by atoms with van der Waals surface area (Å²) in [6.07, 6.45) is 0.312. The zero-order valence-corrected chi connectivity index (χ0v) is 16.4. The van der Waals surface area contributed by atoms with Gasteiger partial charge in [0.25, 0.3) is 0 Å². The first-order chi connectivity index (χ1) is 14.1. The molecule has 1 atom stereocenters. The van der Waals surface area contributed by atoms with Crippen molar-refractivity contribution in [3.8, 4) is 23.0 Å². The molecule has 0 bridgehead atoms. The fourth-order valence-electron chi connectivity index (χ4n) is 2.73. The fourth-order valence-corrected chi connectivity index (χ4v) is 2.73.